The van der Waals surface area contributed by atoms with Gasteiger partial charge in [0.2, 0.25) is 5.91 Å². The highest BCUT2D eigenvalue weighted by Gasteiger charge is 2.05. The third-order valence-electron chi connectivity index (χ3n) is 2.53. The molecule has 0 fully saturated rings. The Morgan fingerprint density at radius 2 is 1.86 bits per heavy atom. The SMILES string of the molecule is C/C=C/C=C/C(=O)Nc1ccc(OCC(=O)N(C)C)cc1. The Kier molecular flexibility index (Phi) is 6.74. The number of carbonyl (C=O) groups excluding carboxylic acids is 2. The third-order valence-corrected chi connectivity index (χ3v) is 2.53. The van der Waals surface area contributed by atoms with Gasteiger partial charge in [0.1, 0.15) is 5.75 Å². The van der Waals surface area contributed by atoms with E-state index in [1.54, 1.807) is 50.5 Å². The number of allylic oxidation sites excluding steroid dienone is 3. The van der Waals surface area contributed by atoms with E-state index in [-0.39, 0.29) is 18.4 Å². The number of amides is 2. The van der Waals surface area contributed by atoms with E-state index < -0.39 is 0 Å². The summed E-state index contributed by atoms with van der Waals surface area (Å²) in [5.41, 5.74) is 0.663. The predicted octanol–water partition coefficient (Wildman–Crippen LogP) is 2.22. The van der Waals surface area contributed by atoms with Gasteiger partial charge in [-0.05, 0) is 31.2 Å². The lowest BCUT2D eigenvalue weighted by molar-refractivity contribution is -0.130. The van der Waals surface area contributed by atoms with Gasteiger partial charge in [0.15, 0.2) is 6.61 Å². The van der Waals surface area contributed by atoms with Gasteiger partial charge in [-0.3, -0.25) is 9.59 Å². The van der Waals surface area contributed by atoms with Gasteiger partial charge < -0.3 is 15.0 Å². The van der Waals surface area contributed by atoms with Crippen molar-refractivity contribution < 1.29 is 14.3 Å². The van der Waals surface area contributed by atoms with Crippen molar-refractivity contribution in [2.45, 2.75) is 6.92 Å². The van der Waals surface area contributed by atoms with Gasteiger partial charge in [0.25, 0.3) is 5.91 Å². The number of hydrogen-bond acceptors (Lipinski definition) is 3. The van der Waals surface area contributed by atoms with Crippen LogP contribution in [0.3, 0.4) is 0 Å². The van der Waals surface area contributed by atoms with Gasteiger partial charge in [0.05, 0.1) is 0 Å². The molecule has 1 aromatic carbocycles. The van der Waals surface area contributed by atoms with Crippen LogP contribution in [0.2, 0.25) is 0 Å². The van der Waals surface area contributed by atoms with Crippen molar-refractivity contribution in [3.8, 4) is 5.75 Å². The molecule has 112 valence electrons. The van der Waals surface area contributed by atoms with Gasteiger partial charge >= 0.3 is 0 Å². The molecule has 0 atom stereocenters. The van der Waals surface area contributed by atoms with Crippen LogP contribution in [-0.4, -0.2) is 37.4 Å². The molecule has 0 unspecified atom stereocenters. The fourth-order valence-electron chi connectivity index (χ4n) is 1.35. The molecule has 21 heavy (non-hydrogen) atoms. The lowest BCUT2D eigenvalue weighted by Crippen LogP contribution is -2.27. The number of nitrogens with one attached hydrogen (secondary N) is 1. The molecule has 1 rings (SSSR count). The summed E-state index contributed by atoms with van der Waals surface area (Å²) in [6.45, 7) is 1.87. The number of hydrogen-bond donors (Lipinski definition) is 1. The average Bonchev–Trinajstić information content (AvgIpc) is 2.46. The lowest BCUT2D eigenvalue weighted by Gasteiger charge is -2.11. The van der Waals surface area contributed by atoms with Gasteiger partial charge in [-0.15, -0.1) is 0 Å². The van der Waals surface area contributed by atoms with E-state index in [2.05, 4.69) is 5.32 Å². The van der Waals surface area contributed by atoms with Gasteiger partial charge in [0, 0.05) is 25.9 Å². The fraction of sp³-hybridized carbons (Fsp3) is 0.250. The van der Waals surface area contributed by atoms with E-state index in [9.17, 15) is 9.59 Å². The van der Waals surface area contributed by atoms with Crippen LogP contribution >= 0.6 is 0 Å². The molecule has 0 aliphatic rings. The van der Waals surface area contributed by atoms with Crippen molar-refractivity contribution in [2.24, 2.45) is 0 Å². The Hall–Kier alpha value is -2.56. The molecule has 5 nitrogen and oxygen atoms in total. The van der Waals surface area contributed by atoms with Gasteiger partial charge in [-0.1, -0.05) is 18.2 Å². The first-order valence-electron chi connectivity index (χ1n) is 6.56. The van der Waals surface area contributed by atoms with Gasteiger partial charge in [-0.2, -0.15) is 0 Å². The minimum absolute atomic E-state index is 0.00913. The zero-order valence-corrected chi connectivity index (χ0v) is 12.5. The van der Waals surface area contributed by atoms with Crippen LogP contribution in [0, 0.1) is 0 Å². The summed E-state index contributed by atoms with van der Waals surface area (Å²) in [5, 5.41) is 2.72. The Bertz CT molecular complexity index is 531. The summed E-state index contributed by atoms with van der Waals surface area (Å²) in [6, 6.07) is 6.84. The normalized spacial score (nSPS) is 10.8. The number of rotatable bonds is 6. The second-order valence-corrected chi connectivity index (χ2v) is 4.48. The molecule has 1 N–H and O–H groups in total. The number of nitrogens with zero attached hydrogens (tertiary/aromatic N) is 1. The molecule has 0 saturated heterocycles. The predicted molar refractivity (Wildman–Crippen MR) is 83.2 cm³/mol. The van der Waals surface area contributed by atoms with Crippen LogP contribution in [0.1, 0.15) is 6.92 Å². The lowest BCUT2D eigenvalue weighted by atomic mass is 10.3. The summed E-state index contributed by atoms with van der Waals surface area (Å²) in [5.74, 6) is 0.263. The summed E-state index contributed by atoms with van der Waals surface area (Å²) < 4.78 is 5.34. The molecule has 1 aromatic rings. The number of benzene rings is 1. The summed E-state index contributed by atoms with van der Waals surface area (Å²) in [7, 11) is 3.34. The maximum Gasteiger partial charge on any atom is 0.259 e. The Morgan fingerprint density at radius 1 is 1.19 bits per heavy atom. The summed E-state index contributed by atoms with van der Waals surface area (Å²) in [4.78, 5) is 24.4. The van der Waals surface area contributed by atoms with E-state index in [1.807, 2.05) is 13.0 Å². The van der Waals surface area contributed by atoms with Crippen molar-refractivity contribution in [3.63, 3.8) is 0 Å². The molecule has 0 aliphatic carbocycles. The van der Waals surface area contributed by atoms with Crippen molar-refractivity contribution in [1.29, 1.82) is 0 Å². The molecule has 0 radical (unpaired) electrons. The average molecular weight is 288 g/mol. The third kappa shape index (κ3) is 6.42. The van der Waals surface area contributed by atoms with Crippen molar-refractivity contribution in [3.05, 3.63) is 48.6 Å². The topological polar surface area (TPSA) is 58.6 Å². The minimum Gasteiger partial charge on any atom is -0.484 e. The molecule has 0 aromatic heterocycles. The van der Waals surface area contributed by atoms with Crippen LogP contribution in [0.4, 0.5) is 5.69 Å². The fourth-order valence-corrected chi connectivity index (χ4v) is 1.35. The highest BCUT2D eigenvalue weighted by atomic mass is 16.5. The minimum atomic E-state index is -0.204. The first-order valence-corrected chi connectivity index (χ1v) is 6.56. The molecule has 0 aliphatic heterocycles. The van der Waals surface area contributed by atoms with Crippen LogP contribution in [-0.2, 0) is 9.59 Å². The molecular weight excluding hydrogens is 268 g/mol. The molecule has 0 bridgehead atoms. The molecule has 2 amide bonds. The summed E-state index contributed by atoms with van der Waals surface area (Å²) >= 11 is 0. The first-order chi connectivity index (χ1) is 10.0. The smallest absolute Gasteiger partial charge is 0.259 e. The Balaban J connectivity index is 2.50. The second kappa shape index (κ2) is 8.58. The molecule has 0 heterocycles. The van der Waals surface area contributed by atoms with E-state index >= 15 is 0 Å². The molecule has 5 heteroatoms. The van der Waals surface area contributed by atoms with E-state index in [4.69, 9.17) is 4.74 Å². The zero-order chi connectivity index (χ0) is 15.7. The molecular formula is C16H20N2O3. The van der Waals surface area contributed by atoms with Gasteiger partial charge in [-0.25, -0.2) is 0 Å². The molecule has 0 saturated carbocycles. The highest BCUT2D eigenvalue weighted by Crippen LogP contribution is 2.15. The second-order valence-electron chi connectivity index (χ2n) is 4.48. The van der Waals surface area contributed by atoms with Crippen LogP contribution in [0.25, 0.3) is 0 Å². The van der Waals surface area contributed by atoms with Crippen LogP contribution in [0.15, 0.2) is 48.6 Å². The van der Waals surface area contributed by atoms with E-state index in [1.165, 1.54) is 11.0 Å². The number of anilines is 1. The van der Waals surface area contributed by atoms with Crippen LogP contribution in [0.5, 0.6) is 5.75 Å². The highest BCUT2D eigenvalue weighted by molar-refractivity contribution is 5.99. The maximum absolute atomic E-state index is 11.5. The van der Waals surface area contributed by atoms with Crippen molar-refractivity contribution in [2.75, 3.05) is 26.0 Å². The van der Waals surface area contributed by atoms with E-state index in [0.29, 0.717) is 11.4 Å². The quantitative estimate of drug-likeness (QED) is 0.645. The number of carbonyl (C=O) groups is 2. The monoisotopic (exact) mass is 288 g/mol. The van der Waals surface area contributed by atoms with Crippen molar-refractivity contribution in [1.82, 2.24) is 4.90 Å². The maximum atomic E-state index is 11.5. The van der Waals surface area contributed by atoms with E-state index in [0.717, 1.165) is 0 Å². The molecule has 0 spiro atoms. The standard InChI is InChI=1S/C16H20N2O3/c1-4-5-6-7-15(19)17-13-8-10-14(11-9-13)21-12-16(20)18(2)3/h4-11H,12H2,1-3H3,(H,17,19)/b5-4+,7-6+. The largest absolute Gasteiger partial charge is 0.484 e. The van der Waals surface area contributed by atoms with Crippen molar-refractivity contribution >= 4 is 17.5 Å². The number of likely N-dealkylation sites (N-methyl/N-ethyl adjacent to an activating group) is 1. The Labute approximate surface area is 124 Å². The first kappa shape index (κ1) is 16.5. The number of ether oxygens (including phenoxy) is 1. The summed E-state index contributed by atoms with van der Waals surface area (Å²) in [6.07, 6.45) is 6.73. The van der Waals surface area contributed by atoms with Crippen LogP contribution < -0.4 is 10.1 Å². The zero-order valence-electron chi connectivity index (χ0n) is 12.5. The Morgan fingerprint density at radius 3 is 2.43 bits per heavy atom.